The van der Waals surface area contributed by atoms with Crippen molar-refractivity contribution in [2.45, 2.75) is 58.6 Å². The van der Waals surface area contributed by atoms with E-state index in [1.807, 2.05) is 34.6 Å². The third-order valence-corrected chi connectivity index (χ3v) is 2.02. The smallest absolute Gasteiger partial charge is 0.187 e. The second-order valence-corrected chi connectivity index (χ2v) is 5.54. The molecule has 0 atom stereocenters. The zero-order valence-electron chi connectivity index (χ0n) is 10.4. The summed E-state index contributed by atoms with van der Waals surface area (Å²) < 4.78 is 5.87. The fourth-order valence-corrected chi connectivity index (χ4v) is 1.10. The highest BCUT2D eigenvalue weighted by atomic mass is 16.5. The molecule has 1 fully saturated rings. The van der Waals surface area contributed by atoms with Crippen LogP contribution in [-0.4, -0.2) is 11.1 Å². The largest absolute Gasteiger partial charge is 0.474 e. The number of allylic oxidation sites excluding steroid dienone is 1. The van der Waals surface area contributed by atoms with E-state index in [-0.39, 0.29) is 11.1 Å². The second-order valence-electron chi connectivity index (χ2n) is 5.54. The normalized spacial score (nSPS) is 15.6. The average molecular weight is 207 g/mol. The lowest BCUT2D eigenvalue weighted by molar-refractivity contribution is 0.0348. The summed E-state index contributed by atoms with van der Waals surface area (Å²) in [4.78, 5) is 0. The van der Waals surface area contributed by atoms with E-state index >= 15 is 0 Å². The molecule has 0 unspecified atom stereocenters. The number of hydrogen-bond acceptors (Lipinski definition) is 2. The summed E-state index contributed by atoms with van der Waals surface area (Å²) >= 11 is 0. The van der Waals surface area contributed by atoms with Gasteiger partial charge in [-0.15, -0.1) is 6.42 Å². The van der Waals surface area contributed by atoms with Crippen molar-refractivity contribution < 1.29 is 4.74 Å². The van der Waals surface area contributed by atoms with Gasteiger partial charge < -0.3 is 10.1 Å². The molecule has 15 heavy (non-hydrogen) atoms. The molecule has 2 nitrogen and oxygen atoms in total. The van der Waals surface area contributed by atoms with Gasteiger partial charge in [-0.1, -0.05) is 5.92 Å². The highest BCUT2D eigenvalue weighted by Crippen LogP contribution is 2.33. The van der Waals surface area contributed by atoms with Gasteiger partial charge in [-0.05, 0) is 53.0 Å². The Morgan fingerprint density at radius 3 is 2.13 bits per heavy atom. The molecule has 0 amide bonds. The van der Waals surface area contributed by atoms with Crippen LogP contribution in [-0.2, 0) is 4.74 Å². The first kappa shape index (κ1) is 12.0. The molecule has 0 radical (unpaired) electrons. The van der Waals surface area contributed by atoms with Crippen molar-refractivity contribution in [3.63, 3.8) is 0 Å². The van der Waals surface area contributed by atoms with Crippen LogP contribution in [0, 0.1) is 12.3 Å². The van der Waals surface area contributed by atoms with E-state index in [0.717, 1.165) is 18.7 Å². The van der Waals surface area contributed by atoms with Gasteiger partial charge in [0.25, 0.3) is 0 Å². The molecule has 2 heteroatoms. The molecular weight excluding hydrogens is 186 g/mol. The maximum absolute atomic E-state index is 5.87. The Hall–Kier alpha value is -1.10. The number of nitrogens with one attached hydrogen (secondary N) is 1. The quantitative estimate of drug-likeness (QED) is 0.567. The fourth-order valence-electron chi connectivity index (χ4n) is 1.10. The van der Waals surface area contributed by atoms with Crippen molar-refractivity contribution in [2.75, 3.05) is 0 Å². The van der Waals surface area contributed by atoms with Gasteiger partial charge in [0.15, 0.2) is 5.88 Å². The Kier molecular flexibility index (Phi) is 3.04. The van der Waals surface area contributed by atoms with Gasteiger partial charge in [0.2, 0.25) is 0 Å². The molecule has 0 heterocycles. The van der Waals surface area contributed by atoms with E-state index in [2.05, 4.69) is 11.2 Å². The van der Waals surface area contributed by atoms with Crippen molar-refractivity contribution in [2.24, 2.45) is 0 Å². The van der Waals surface area contributed by atoms with Crippen LogP contribution in [0.25, 0.3) is 0 Å². The van der Waals surface area contributed by atoms with Crippen LogP contribution in [0.2, 0.25) is 0 Å². The summed E-state index contributed by atoms with van der Waals surface area (Å²) in [5.41, 5.74) is 0.812. The molecule has 0 aromatic heterocycles. The third kappa shape index (κ3) is 4.29. The van der Waals surface area contributed by atoms with E-state index in [1.165, 1.54) is 5.57 Å². The Morgan fingerprint density at radius 2 is 1.80 bits per heavy atom. The number of hydrogen-bond donors (Lipinski definition) is 1. The molecule has 1 aliphatic rings. The van der Waals surface area contributed by atoms with Crippen molar-refractivity contribution in [1.82, 2.24) is 5.32 Å². The lowest BCUT2D eigenvalue weighted by atomic mass is 10.1. The summed E-state index contributed by atoms with van der Waals surface area (Å²) in [5, 5.41) is 3.28. The van der Waals surface area contributed by atoms with Gasteiger partial charge in [-0.2, -0.15) is 0 Å². The van der Waals surface area contributed by atoms with Crippen LogP contribution in [0.15, 0.2) is 11.5 Å². The zero-order chi connectivity index (χ0) is 11.7. The van der Waals surface area contributed by atoms with E-state index < -0.39 is 0 Å². The Morgan fingerprint density at radius 1 is 1.27 bits per heavy atom. The predicted octanol–water partition coefficient (Wildman–Crippen LogP) is 2.81. The van der Waals surface area contributed by atoms with Crippen molar-refractivity contribution in [3.05, 3.63) is 11.5 Å². The van der Waals surface area contributed by atoms with Crippen LogP contribution in [0.3, 0.4) is 0 Å². The van der Waals surface area contributed by atoms with Gasteiger partial charge in [0.05, 0.1) is 5.54 Å². The van der Waals surface area contributed by atoms with Crippen LogP contribution >= 0.6 is 0 Å². The minimum atomic E-state index is -0.351. The highest BCUT2D eigenvalue weighted by molar-refractivity contribution is 5.24. The second kappa shape index (κ2) is 3.81. The maximum Gasteiger partial charge on any atom is 0.187 e. The van der Waals surface area contributed by atoms with Crippen LogP contribution in [0.5, 0.6) is 0 Å². The lowest BCUT2D eigenvalue weighted by Crippen LogP contribution is -2.39. The van der Waals surface area contributed by atoms with Gasteiger partial charge >= 0.3 is 0 Å². The third-order valence-electron chi connectivity index (χ3n) is 2.02. The molecule has 1 N–H and O–H groups in total. The molecule has 0 aliphatic heterocycles. The topological polar surface area (TPSA) is 21.3 Å². The molecular formula is C13H21NO. The zero-order valence-corrected chi connectivity index (χ0v) is 10.4. The number of ether oxygens (including phenoxy) is 1. The lowest BCUT2D eigenvalue weighted by Gasteiger charge is -2.29. The van der Waals surface area contributed by atoms with Crippen molar-refractivity contribution in [3.8, 4) is 12.3 Å². The first-order valence-electron chi connectivity index (χ1n) is 5.40. The molecule has 0 spiro atoms. The standard InChI is InChI=1S/C13H21NO/c1-7-13(5,6)14-11(10-8-9-10)15-12(2,3)4/h1,14H,8-9H2,2-6H3. The van der Waals surface area contributed by atoms with Crippen LogP contribution < -0.4 is 5.32 Å². The van der Waals surface area contributed by atoms with Crippen molar-refractivity contribution in [1.29, 1.82) is 0 Å². The highest BCUT2D eigenvalue weighted by Gasteiger charge is 2.27. The minimum absolute atomic E-state index is 0.178. The maximum atomic E-state index is 5.87. The molecule has 0 bridgehead atoms. The van der Waals surface area contributed by atoms with Gasteiger partial charge in [0.1, 0.15) is 5.60 Å². The summed E-state index contributed by atoms with van der Waals surface area (Å²) in [5.74, 6) is 3.59. The van der Waals surface area contributed by atoms with E-state index in [1.54, 1.807) is 0 Å². The fraction of sp³-hybridized carbons (Fsp3) is 0.692. The number of rotatable bonds is 3. The SMILES string of the molecule is C#CC(C)(C)NC(OC(C)(C)C)=C1CC1. The Balaban J connectivity index is 2.72. The summed E-state index contributed by atoms with van der Waals surface area (Å²) in [6.07, 6.45) is 7.70. The van der Waals surface area contributed by atoms with Gasteiger partial charge in [0, 0.05) is 0 Å². The molecule has 1 rings (SSSR count). The monoisotopic (exact) mass is 207 g/mol. The van der Waals surface area contributed by atoms with Crippen LogP contribution in [0.4, 0.5) is 0 Å². The molecule has 84 valence electrons. The summed E-state index contributed by atoms with van der Waals surface area (Å²) in [6.45, 7) is 10.1. The molecule has 1 aliphatic carbocycles. The molecule has 0 aromatic carbocycles. The minimum Gasteiger partial charge on any atom is -0.474 e. The van der Waals surface area contributed by atoms with Gasteiger partial charge in [-0.3, -0.25) is 0 Å². The van der Waals surface area contributed by atoms with E-state index in [9.17, 15) is 0 Å². The Labute approximate surface area is 93.1 Å². The van der Waals surface area contributed by atoms with Crippen LogP contribution in [0.1, 0.15) is 47.5 Å². The predicted molar refractivity (Wildman–Crippen MR) is 63.1 cm³/mol. The number of terminal acetylenes is 1. The molecule has 1 saturated carbocycles. The van der Waals surface area contributed by atoms with Gasteiger partial charge in [-0.25, -0.2) is 0 Å². The summed E-state index contributed by atoms with van der Waals surface area (Å²) in [6, 6.07) is 0. The van der Waals surface area contributed by atoms with E-state index in [0.29, 0.717) is 0 Å². The molecule has 0 aromatic rings. The van der Waals surface area contributed by atoms with E-state index in [4.69, 9.17) is 11.2 Å². The first-order valence-corrected chi connectivity index (χ1v) is 5.40. The first-order chi connectivity index (χ1) is 6.73. The van der Waals surface area contributed by atoms with Crippen molar-refractivity contribution >= 4 is 0 Å². The summed E-state index contributed by atoms with van der Waals surface area (Å²) in [7, 11) is 0. The molecule has 0 saturated heterocycles. The Bertz CT molecular complexity index is 306. The average Bonchev–Trinajstić information content (AvgIpc) is 2.82.